The lowest BCUT2D eigenvalue weighted by molar-refractivity contribution is -0.0526. The van der Waals surface area contributed by atoms with E-state index in [-0.39, 0.29) is 18.5 Å². The zero-order valence-corrected chi connectivity index (χ0v) is 12.6. The molecule has 1 aliphatic rings. The van der Waals surface area contributed by atoms with E-state index >= 15 is 0 Å². The molecule has 1 saturated heterocycles. The van der Waals surface area contributed by atoms with Crippen LogP contribution in [0.2, 0.25) is 0 Å². The van der Waals surface area contributed by atoms with Gasteiger partial charge in [-0.1, -0.05) is 17.9 Å². The van der Waals surface area contributed by atoms with Crippen LogP contribution in [0.5, 0.6) is 0 Å². The van der Waals surface area contributed by atoms with Gasteiger partial charge >= 0.3 is 0 Å². The third-order valence-corrected chi connectivity index (χ3v) is 3.61. The molecule has 0 saturated carbocycles. The van der Waals surface area contributed by atoms with Crippen molar-refractivity contribution in [2.24, 2.45) is 0 Å². The number of nitrogens with zero attached hydrogens (tertiary/aromatic N) is 1. The monoisotopic (exact) mass is 291 g/mol. The average molecular weight is 291 g/mol. The van der Waals surface area contributed by atoms with Gasteiger partial charge in [0.2, 0.25) is 0 Å². The van der Waals surface area contributed by atoms with Crippen molar-refractivity contribution in [3.63, 3.8) is 0 Å². The first kappa shape index (κ1) is 16.0. The van der Waals surface area contributed by atoms with Gasteiger partial charge in [-0.25, -0.2) is 4.39 Å². The van der Waals surface area contributed by atoms with Gasteiger partial charge in [0.05, 0.1) is 24.9 Å². The number of aliphatic hydroxyl groups excluding tert-OH is 1. The van der Waals surface area contributed by atoms with Crippen LogP contribution in [-0.4, -0.2) is 41.9 Å². The third-order valence-electron chi connectivity index (χ3n) is 3.61. The second-order valence-corrected chi connectivity index (χ2v) is 5.51. The molecule has 0 aliphatic carbocycles. The molecule has 2 rings (SSSR count). The molecule has 0 bridgehead atoms. The first-order valence-electron chi connectivity index (χ1n) is 7.34. The Labute approximate surface area is 125 Å². The van der Waals surface area contributed by atoms with Gasteiger partial charge in [-0.15, -0.1) is 0 Å². The number of ether oxygens (including phenoxy) is 1. The Balaban J connectivity index is 2.10. The summed E-state index contributed by atoms with van der Waals surface area (Å²) in [4.78, 5) is 2.34. The molecule has 3 nitrogen and oxygen atoms in total. The van der Waals surface area contributed by atoms with Crippen molar-refractivity contribution in [2.45, 2.75) is 39.0 Å². The molecular weight excluding hydrogens is 269 g/mol. The molecule has 1 aromatic rings. The first-order valence-corrected chi connectivity index (χ1v) is 7.34. The number of benzene rings is 1. The minimum atomic E-state index is -0.312. The summed E-state index contributed by atoms with van der Waals surface area (Å²) in [5, 5.41) is 8.72. The molecular formula is C17H22FNO2. The van der Waals surface area contributed by atoms with Gasteiger partial charge in [-0.3, -0.25) is 4.90 Å². The number of hydrogen-bond donors (Lipinski definition) is 1. The third kappa shape index (κ3) is 4.53. The standard InChI is InChI=1S/C17H22FNO2/c1-13-12-21-14(2)10-19(13)11-15-6-7-17(18)16(9-15)5-3-4-8-20/h6-7,9,13-14,20H,4,8,10-12H2,1-2H3. The Morgan fingerprint density at radius 2 is 2.24 bits per heavy atom. The Morgan fingerprint density at radius 1 is 1.43 bits per heavy atom. The summed E-state index contributed by atoms with van der Waals surface area (Å²) in [7, 11) is 0. The maximum Gasteiger partial charge on any atom is 0.138 e. The summed E-state index contributed by atoms with van der Waals surface area (Å²) < 4.78 is 19.3. The highest BCUT2D eigenvalue weighted by Gasteiger charge is 2.23. The van der Waals surface area contributed by atoms with Crippen LogP contribution < -0.4 is 0 Å². The van der Waals surface area contributed by atoms with Crippen molar-refractivity contribution in [1.29, 1.82) is 0 Å². The van der Waals surface area contributed by atoms with Crippen LogP contribution in [0.25, 0.3) is 0 Å². The Morgan fingerprint density at radius 3 is 3.00 bits per heavy atom. The van der Waals surface area contributed by atoms with Crippen LogP contribution in [0, 0.1) is 17.7 Å². The first-order chi connectivity index (χ1) is 10.1. The molecule has 114 valence electrons. The summed E-state index contributed by atoms with van der Waals surface area (Å²) in [6, 6.07) is 5.42. The molecule has 1 fully saturated rings. The second kappa shape index (κ2) is 7.56. The highest BCUT2D eigenvalue weighted by molar-refractivity contribution is 5.38. The van der Waals surface area contributed by atoms with Gasteiger partial charge in [0.15, 0.2) is 0 Å². The van der Waals surface area contributed by atoms with Gasteiger partial charge in [-0.2, -0.15) is 0 Å². The zero-order valence-electron chi connectivity index (χ0n) is 12.6. The molecule has 1 aliphatic heterocycles. The molecule has 0 radical (unpaired) electrons. The molecule has 2 atom stereocenters. The lowest BCUT2D eigenvalue weighted by Gasteiger charge is -2.36. The number of aliphatic hydroxyl groups is 1. The van der Waals surface area contributed by atoms with Crippen LogP contribution >= 0.6 is 0 Å². The molecule has 0 amide bonds. The van der Waals surface area contributed by atoms with E-state index in [4.69, 9.17) is 9.84 Å². The summed E-state index contributed by atoms with van der Waals surface area (Å²) in [5.41, 5.74) is 1.44. The van der Waals surface area contributed by atoms with Gasteiger partial charge in [0.1, 0.15) is 5.82 Å². The molecule has 1 aromatic carbocycles. The number of rotatable bonds is 3. The molecule has 1 N–H and O–H groups in total. The SMILES string of the molecule is CC1CN(Cc2ccc(F)c(C#CCCO)c2)C(C)CO1. The topological polar surface area (TPSA) is 32.7 Å². The lowest BCUT2D eigenvalue weighted by atomic mass is 10.1. The highest BCUT2D eigenvalue weighted by Crippen LogP contribution is 2.17. The summed E-state index contributed by atoms with van der Waals surface area (Å²) in [5.74, 6) is 5.24. The van der Waals surface area contributed by atoms with Crippen LogP contribution in [0.3, 0.4) is 0 Å². The Bertz CT molecular complexity index is 535. The van der Waals surface area contributed by atoms with Crippen LogP contribution in [0.1, 0.15) is 31.4 Å². The Hall–Kier alpha value is -1.41. The molecule has 1 heterocycles. The summed E-state index contributed by atoms with van der Waals surface area (Å²) >= 11 is 0. The maximum atomic E-state index is 13.7. The normalized spacial score (nSPS) is 22.7. The maximum absolute atomic E-state index is 13.7. The van der Waals surface area contributed by atoms with E-state index in [2.05, 4.69) is 30.6 Å². The number of halogens is 1. The zero-order chi connectivity index (χ0) is 15.2. The van der Waals surface area contributed by atoms with Crippen LogP contribution in [0.4, 0.5) is 4.39 Å². The van der Waals surface area contributed by atoms with E-state index < -0.39 is 0 Å². The van der Waals surface area contributed by atoms with Crippen LogP contribution in [-0.2, 0) is 11.3 Å². The Kier molecular flexibility index (Phi) is 5.75. The quantitative estimate of drug-likeness (QED) is 0.866. The van der Waals surface area contributed by atoms with E-state index in [0.717, 1.165) is 25.3 Å². The highest BCUT2D eigenvalue weighted by atomic mass is 19.1. The summed E-state index contributed by atoms with van der Waals surface area (Å²) in [6.07, 6.45) is 0.590. The minimum absolute atomic E-state index is 0.00249. The largest absolute Gasteiger partial charge is 0.395 e. The average Bonchev–Trinajstić information content (AvgIpc) is 2.46. The molecule has 21 heavy (non-hydrogen) atoms. The van der Waals surface area contributed by atoms with Crippen molar-refractivity contribution in [3.8, 4) is 11.8 Å². The predicted octanol–water partition coefficient (Wildman–Crippen LogP) is 2.17. The van der Waals surface area contributed by atoms with Crippen molar-refractivity contribution >= 4 is 0 Å². The van der Waals surface area contributed by atoms with E-state index in [0.29, 0.717) is 18.0 Å². The molecule has 0 aromatic heterocycles. The molecule has 4 heteroatoms. The van der Waals surface area contributed by atoms with E-state index in [1.807, 2.05) is 0 Å². The van der Waals surface area contributed by atoms with Gasteiger partial charge in [0, 0.05) is 25.6 Å². The second-order valence-electron chi connectivity index (χ2n) is 5.51. The fourth-order valence-electron chi connectivity index (χ4n) is 2.41. The number of morpholine rings is 1. The van der Waals surface area contributed by atoms with Crippen molar-refractivity contribution in [1.82, 2.24) is 4.90 Å². The van der Waals surface area contributed by atoms with Crippen LogP contribution in [0.15, 0.2) is 18.2 Å². The van der Waals surface area contributed by atoms with E-state index in [9.17, 15) is 4.39 Å². The van der Waals surface area contributed by atoms with Gasteiger partial charge in [0.25, 0.3) is 0 Å². The summed E-state index contributed by atoms with van der Waals surface area (Å²) in [6.45, 7) is 6.57. The number of hydrogen-bond acceptors (Lipinski definition) is 3. The fourth-order valence-corrected chi connectivity index (χ4v) is 2.41. The minimum Gasteiger partial charge on any atom is -0.395 e. The molecule has 0 spiro atoms. The fraction of sp³-hybridized carbons (Fsp3) is 0.529. The lowest BCUT2D eigenvalue weighted by Crippen LogP contribution is -2.46. The van der Waals surface area contributed by atoms with Crippen molar-refractivity contribution in [3.05, 3.63) is 35.1 Å². The van der Waals surface area contributed by atoms with Crippen molar-refractivity contribution < 1.29 is 14.2 Å². The van der Waals surface area contributed by atoms with Gasteiger partial charge in [-0.05, 0) is 31.5 Å². The van der Waals surface area contributed by atoms with E-state index in [1.54, 1.807) is 12.1 Å². The smallest absolute Gasteiger partial charge is 0.138 e. The predicted molar refractivity (Wildman–Crippen MR) is 80.3 cm³/mol. The van der Waals surface area contributed by atoms with Crippen molar-refractivity contribution in [2.75, 3.05) is 19.8 Å². The molecule has 2 unspecified atom stereocenters. The van der Waals surface area contributed by atoms with E-state index in [1.165, 1.54) is 6.07 Å². The van der Waals surface area contributed by atoms with Gasteiger partial charge < -0.3 is 9.84 Å².